The van der Waals surface area contributed by atoms with Crippen LogP contribution < -0.4 is 4.72 Å². The fourth-order valence-electron chi connectivity index (χ4n) is 2.76. The Morgan fingerprint density at radius 1 is 1.00 bits per heavy atom. The van der Waals surface area contributed by atoms with Gasteiger partial charge in [0.05, 0.1) is 10.6 Å². The molecule has 3 rings (SSSR count). The van der Waals surface area contributed by atoms with Gasteiger partial charge in [-0.05, 0) is 42.5 Å². The van der Waals surface area contributed by atoms with Crippen LogP contribution in [0.15, 0.2) is 71.6 Å². The normalized spacial score (nSPS) is 11.2. The maximum atomic E-state index is 14.0. The van der Waals surface area contributed by atoms with Crippen molar-refractivity contribution in [3.05, 3.63) is 94.5 Å². The first-order chi connectivity index (χ1) is 14.2. The molecule has 1 amide bonds. The number of hydrogen-bond donors (Lipinski definition) is 1. The Hall–Kier alpha value is -2.97. The van der Waals surface area contributed by atoms with Crippen LogP contribution in [-0.4, -0.2) is 26.3 Å². The predicted molar refractivity (Wildman–Crippen MR) is 111 cm³/mol. The number of carbonyl (C=O) groups excluding carboxylic acids is 1. The molecule has 0 aliphatic carbocycles. The van der Waals surface area contributed by atoms with Crippen molar-refractivity contribution in [3.8, 4) is 0 Å². The molecule has 3 aromatic carbocycles. The Morgan fingerprint density at radius 2 is 1.67 bits per heavy atom. The maximum Gasteiger partial charge on any atom is 0.262 e. The molecular weight excluding hydrogens is 434 g/mol. The molecule has 0 aromatic heterocycles. The Kier molecular flexibility index (Phi) is 6.38. The van der Waals surface area contributed by atoms with E-state index in [0.717, 1.165) is 6.07 Å². The van der Waals surface area contributed by atoms with Gasteiger partial charge in [0.15, 0.2) is 0 Å². The van der Waals surface area contributed by atoms with Crippen LogP contribution in [0, 0.1) is 11.6 Å². The second-order valence-electron chi connectivity index (χ2n) is 6.47. The number of anilines is 1. The van der Waals surface area contributed by atoms with Crippen LogP contribution >= 0.6 is 11.6 Å². The average molecular weight is 451 g/mol. The predicted octanol–water partition coefficient (Wildman–Crippen LogP) is 4.69. The van der Waals surface area contributed by atoms with Crippen molar-refractivity contribution in [2.24, 2.45) is 0 Å². The van der Waals surface area contributed by atoms with E-state index in [9.17, 15) is 22.0 Å². The van der Waals surface area contributed by atoms with Gasteiger partial charge in [0.2, 0.25) is 0 Å². The Balaban J connectivity index is 1.83. The lowest BCUT2D eigenvalue weighted by Gasteiger charge is -2.19. The number of rotatable bonds is 6. The highest BCUT2D eigenvalue weighted by Gasteiger charge is 2.20. The zero-order valence-corrected chi connectivity index (χ0v) is 17.3. The molecule has 5 nitrogen and oxygen atoms in total. The number of carbonyl (C=O) groups is 1. The number of benzene rings is 3. The van der Waals surface area contributed by atoms with Crippen molar-refractivity contribution in [1.82, 2.24) is 4.90 Å². The van der Waals surface area contributed by atoms with Crippen LogP contribution in [0.5, 0.6) is 0 Å². The summed E-state index contributed by atoms with van der Waals surface area (Å²) in [6.07, 6.45) is 0. The van der Waals surface area contributed by atoms with E-state index in [1.807, 2.05) is 0 Å². The molecular formula is C21H17ClF2N2O3S. The number of sulfonamides is 1. The summed E-state index contributed by atoms with van der Waals surface area (Å²) in [4.78, 5) is 13.8. The molecule has 0 aliphatic rings. The highest BCUT2D eigenvalue weighted by molar-refractivity contribution is 7.92. The molecule has 0 bridgehead atoms. The van der Waals surface area contributed by atoms with E-state index in [2.05, 4.69) is 4.72 Å². The smallest absolute Gasteiger partial charge is 0.262 e. The van der Waals surface area contributed by atoms with Crippen LogP contribution in [0.25, 0.3) is 0 Å². The van der Waals surface area contributed by atoms with E-state index in [4.69, 9.17) is 11.6 Å². The van der Waals surface area contributed by atoms with Crippen molar-refractivity contribution in [3.63, 3.8) is 0 Å². The van der Waals surface area contributed by atoms with E-state index in [1.165, 1.54) is 72.6 Å². The minimum Gasteiger partial charge on any atom is -0.337 e. The first-order valence-electron chi connectivity index (χ1n) is 8.75. The van der Waals surface area contributed by atoms with Gasteiger partial charge in [-0.2, -0.15) is 0 Å². The van der Waals surface area contributed by atoms with Gasteiger partial charge in [0.25, 0.3) is 15.9 Å². The number of nitrogens with one attached hydrogen (secondary N) is 1. The molecule has 1 N–H and O–H groups in total. The number of para-hydroxylation sites is 1. The van der Waals surface area contributed by atoms with E-state index in [1.54, 1.807) is 0 Å². The molecule has 0 atom stereocenters. The lowest BCUT2D eigenvalue weighted by molar-refractivity contribution is 0.0783. The van der Waals surface area contributed by atoms with Gasteiger partial charge in [-0.25, -0.2) is 17.2 Å². The maximum absolute atomic E-state index is 14.0. The van der Waals surface area contributed by atoms with Gasteiger partial charge in [0.1, 0.15) is 11.6 Å². The number of nitrogens with zero attached hydrogens (tertiary/aromatic N) is 1. The molecule has 9 heteroatoms. The highest BCUT2D eigenvalue weighted by atomic mass is 35.5. The zero-order chi connectivity index (χ0) is 21.9. The molecule has 0 unspecified atom stereocenters. The van der Waals surface area contributed by atoms with Gasteiger partial charge in [-0.1, -0.05) is 35.9 Å². The summed E-state index contributed by atoms with van der Waals surface area (Å²) in [5, 5.41) is 0.181. The van der Waals surface area contributed by atoms with Crippen molar-refractivity contribution < 1.29 is 22.0 Å². The van der Waals surface area contributed by atoms with Crippen LogP contribution in [0.4, 0.5) is 14.5 Å². The second-order valence-corrected chi connectivity index (χ2v) is 8.56. The van der Waals surface area contributed by atoms with Gasteiger partial charge < -0.3 is 4.90 Å². The highest BCUT2D eigenvalue weighted by Crippen LogP contribution is 2.23. The fraction of sp³-hybridized carbons (Fsp3) is 0.0952. The molecule has 0 fully saturated rings. The number of hydrogen-bond acceptors (Lipinski definition) is 3. The van der Waals surface area contributed by atoms with E-state index in [-0.39, 0.29) is 33.3 Å². The zero-order valence-electron chi connectivity index (χ0n) is 15.8. The molecule has 0 radical (unpaired) electrons. The quantitative estimate of drug-likeness (QED) is 0.592. The van der Waals surface area contributed by atoms with E-state index in [0.29, 0.717) is 0 Å². The summed E-state index contributed by atoms with van der Waals surface area (Å²) in [7, 11) is -2.68. The molecule has 0 saturated carbocycles. The summed E-state index contributed by atoms with van der Waals surface area (Å²) in [5.74, 6) is -1.81. The fourth-order valence-corrected chi connectivity index (χ4v) is 4.09. The largest absolute Gasteiger partial charge is 0.337 e. The standard InChI is InChI=1S/C21H17ClF2N2O3S/c1-26(13-16-17(22)8-5-10-18(16)23)21(27)14-6-4-7-15(12-14)30(28,29)25-20-11-3-2-9-19(20)24/h2-12,25H,13H2,1H3. The van der Waals surface area contributed by atoms with Crippen molar-refractivity contribution in [2.75, 3.05) is 11.8 Å². The first-order valence-corrected chi connectivity index (χ1v) is 10.6. The summed E-state index contributed by atoms with van der Waals surface area (Å²) in [6, 6.07) is 14.8. The Labute approximate surface area is 178 Å². The number of halogens is 3. The monoisotopic (exact) mass is 450 g/mol. The van der Waals surface area contributed by atoms with Crippen molar-refractivity contribution >= 4 is 33.2 Å². The summed E-state index contributed by atoms with van der Waals surface area (Å²) in [6.45, 7) is -0.102. The molecule has 30 heavy (non-hydrogen) atoms. The first kappa shape index (κ1) is 21.7. The van der Waals surface area contributed by atoms with E-state index < -0.39 is 27.6 Å². The van der Waals surface area contributed by atoms with Crippen LogP contribution in [0.1, 0.15) is 15.9 Å². The van der Waals surface area contributed by atoms with Gasteiger partial charge in [-0.15, -0.1) is 0 Å². The third-order valence-corrected chi connectivity index (χ3v) is 6.03. The van der Waals surface area contributed by atoms with Crippen LogP contribution in [0.2, 0.25) is 5.02 Å². The lowest BCUT2D eigenvalue weighted by Crippen LogP contribution is -2.27. The van der Waals surface area contributed by atoms with Crippen molar-refractivity contribution in [1.29, 1.82) is 0 Å². The Bertz CT molecular complexity index is 1180. The molecule has 3 aromatic rings. The molecule has 0 aliphatic heterocycles. The topological polar surface area (TPSA) is 66.5 Å². The van der Waals surface area contributed by atoms with Gasteiger partial charge in [-0.3, -0.25) is 9.52 Å². The third kappa shape index (κ3) is 4.77. The van der Waals surface area contributed by atoms with Crippen LogP contribution in [-0.2, 0) is 16.6 Å². The molecule has 0 heterocycles. The van der Waals surface area contributed by atoms with Gasteiger partial charge in [0, 0.05) is 29.7 Å². The van der Waals surface area contributed by atoms with Gasteiger partial charge >= 0.3 is 0 Å². The SMILES string of the molecule is CN(Cc1c(F)cccc1Cl)C(=O)c1cccc(S(=O)(=O)Nc2ccccc2F)c1. The second kappa shape index (κ2) is 8.81. The summed E-state index contributed by atoms with van der Waals surface area (Å²) < 4.78 is 55.2. The minimum atomic E-state index is -4.13. The Morgan fingerprint density at radius 3 is 2.37 bits per heavy atom. The average Bonchev–Trinajstić information content (AvgIpc) is 2.72. The molecule has 0 saturated heterocycles. The summed E-state index contributed by atoms with van der Waals surface area (Å²) in [5.41, 5.74) is 0.0157. The lowest BCUT2D eigenvalue weighted by atomic mass is 10.1. The third-order valence-electron chi connectivity index (χ3n) is 4.31. The van der Waals surface area contributed by atoms with Crippen molar-refractivity contribution in [2.45, 2.75) is 11.4 Å². The van der Waals surface area contributed by atoms with Crippen LogP contribution in [0.3, 0.4) is 0 Å². The molecule has 156 valence electrons. The minimum absolute atomic E-state index is 0.0707. The summed E-state index contributed by atoms with van der Waals surface area (Å²) >= 11 is 6.00. The molecule has 0 spiro atoms. The number of amides is 1. The van der Waals surface area contributed by atoms with E-state index >= 15 is 0 Å².